The summed E-state index contributed by atoms with van der Waals surface area (Å²) in [7, 11) is 0. The molecule has 1 aliphatic rings. The summed E-state index contributed by atoms with van der Waals surface area (Å²) >= 11 is 0. The van der Waals surface area contributed by atoms with E-state index in [-0.39, 0.29) is 19.1 Å². The van der Waals surface area contributed by atoms with Crippen LogP contribution in [0, 0.1) is 5.92 Å². The summed E-state index contributed by atoms with van der Waals surface area (Å²) in [5, 5.41) is 12.2. The fraction of sp³-hybridized carbons (Fsp3) is 0.300. The Labute approximate surface area is 151 Å². The number of amides is 1. The number of ether oxygens (including phenoxy) is 2. The number of rotatable bonds is 8. The number of hydrogen-bond acceptors (Lipinski definition) is 4. The lowest BCUT2D eigenvalue weighted by Crippen LogP contribution is -2.30. The lowest BCUT2D eigenvalue weighted by atomic mass is 9.96. The number of carbonyl (C=O) groups excluding carboxylic acids is 1. The van der Waals surface area contributed by atoms with Crippen LogP contribution in [0.4, 0.5) is 0 Å². The molecule has 1 atom stereocenters. The number of carbonyl (C=O) groups is 2. The highest BCUT2D eigenvalue weighted by Crippen LogP contribution is 2.32. The van der Waals surface area contributed by atoms with E-state index in [0.29, 0.717) is 25.1 Å². The topological polar surface area (TPSA) is 84.9 Å². The van der Waals surface area contributed by atoms with E-state index in [4.69, 9.17) is 9.47 Å². The second-order valence-corrected chi connectivity index (χ2v) is 6.22. The molecular formula is C20H21NO5. The van der Waals surface area contributed by atoms with Crippen LogP contribution in [0.25, 0.3) is 0 Å². The summed E-state index contributed by atoms with van der Waals surface area (Å²) in [6, 6.07) is 15.0. The van der Waals surface area contributed by atoms with Gasteiger partial charge in [-0.2, -0.15) is 0 Å². The molecule has 0 radical (unpaired) electrons. The van der Waals surface area contributed by atoms with Gasteiger partial charge in [0.1, 0.15) is 0 Å². The maximum absolute atomic E-state index is 12.1. The summed E-state index contributed by atoms with van der Waals surface area (Å²) < 4.78 is 10.6. The minimum absolute atomic E-state index is 0.0363. The fourth-order valence-corrected chi connectivity index (χ4v) is 2.88. The largest absolute Gasteiger partial charge is 0.481 e. The molecule has 6 nitrogen and oxygen atoms in total. The zero-order chi connectivity index (χ0) is 18.4. The monoisotopic (exact) mass is 355 g/mol. The Morgan fingerprint density at radius 1 is 1.04 bits per heavy atom. The number of aliphatic carboxylic acids is 1. The van der Waals surface area contributed by atoms with E-state index in [1.165, 1.54) is 0 Å². The van der Waals surface area contributed by atoms with Crippen LogP contribution in [-0.4, -0.2) is 30.3 Å². The Morgan fingerprint density at radius 2 is 1.81 bits per heavy atom. The first-order chi connectivity index (χ1) is 12.6. The number of benzene rings is 2. The molecule has 0 bridgehead atoms. The number of nitrogens with one attached hydrogen (secondary N) is 1. The van der Waals surface area contributed by atoms with E-state index in [1.54, 1.807) is 0 Å². The van der Waals surface area contributed by atoms with Crippen LogP contribution in [0.5, 0.6) is 11.5 Å². The van der Waals surface area contributed by atoms with Crippen molar-refractivity contribution in [3.8, 4) is 11.5 Å². The minimum atomic E-state index is -0.959. The highest BCUT2D eigenvalue weighted by Gasteiger charge is 2.21. The molecule has 6 heteroatoms. The lowest BCUT2D eigenvalue weighted by Gasteiger charge is -2.13. The van der Waals surface area contributed by atoms with Gasteiger partial charge in [-0.25, -0.2) is 0 Å². The molecule has 0 spiro atoms. The first kappa shape index (κ1) is 17.8. The molecule has 0 unspecified atom stereocenters. The average Bonchev–Trinajstić information content (AvgIpc) is 3.10. The first-order valence-corrected chi connectivity index (χ1v) is 8.54. The zero-order valence-electron chi connectivity index (χ0n) is 14.3. The molecule has 0 aliphatic carbocycles. The van der Waals surface area contributed by atoms with Crippen LogP contribution >= 0.6 is 0 Å². The molecule has 0 aromatic heterocycles. The van der Waals surface area contributed by atoms with Gasteiger partial charge < -0.3 is 19.9 Å². The Balaban J connectivity index is 1.47. The molecule has 0 saturated heterocycles. The molecule has 3 rings (SSSR count). The maximum atomic E-state index is 12.1. The Bertz CT molecular complexity index is 775. The van der Waals surface area contributed by atoms with Crippen molar-refractivity contribution in [2.75, 3.05) is 13.3 Å². The van der Waals surface area contributed by atoms with Crippen molar-refractivity contribution in [1.82, 2.24) is 5.32 Å². The lowest BCUT2D eigenvalue weighted by molar-refractivity contribution is -0.144. The van der Waals surface area contributed by atoms with Crippen LogP contribution < -0.4 is 14.8 Å². The average molecular weight is 355 g/mol. The van der Waals surface area contributed by atoms with Gasteiger partial charge in [0.25, 0.3) is 0 Å². The Hall–Kier alpha value is -3.02. The number of hydrogen-bond donors (Lipinski definition) is 2. The van der Waals surface area contributed by atoms with E-state index in [0.717, 1.165) is 16.9 Å². The van der Waals surface area contributed by atoms with Gasteiger partial charge in [0, 0.05) is 13.0 Å². The molecule has 0 fully saturated rings. The van der Waals surface area contributed by atoms with Gasteiger partial charge in [0.15, 0.2) is 11.5 Å². The van der Waals surface area contributed by atoms with Gasteiger partial charge in [-0.1, -0.05) is 36.4 Å². The summed E-state index contributed by atoms with van der Waals surface area (Å²) in [5.41, 5.74) is 1.93. The van der Waals surface area contributed by atoms with Crippen molar-refractivity contribution >= 4 is 11.9 Å². The quantitative estimate of drug-likeness (QED) is 0.760. The fourth-order valence-electron chi connectivity index (χ4n) is 2.88. The number of carboxylic acid groups (broad SMARTS) is 1. The van der Waals surface area contributed by atoms with Crippen LogP contribution in [0.3, 0.4) is 0 Å². The summed E-state index contributed by atoms with van der Waals surface area (Å²) in [4.78, 5) is 23.5. The third-order valence-corrected chi connectivity index (χ3v) is 4.28. The van der Waals surface area contributed by atoms with E-state index < -0.39 is 11.9 Å². The third-order valence-electron chi connectivity index (χ3n) is 4.28. The van der Waals surface area contributed by atoms with Gasteiger partial charge in [-0.05, 0) is 36.1 Å². The molecule has 1 aliphatic heterocycles. The predicted molar refractivity (Wildman–Crippen MR) is 95.2 cm³/mol. The van der Waals surface area contributed by atoms with Gasteiger partial charge >= 0.3 is 5.97 Å². The number of carboxylic acids is 1. The second-order valence-electron chi connectivity index (χ2n) is 6.22. The standard InChI is InChI=1S/C20H21NO5/c22-19(12-16(20(23)24)10-14-4-2-1-3-5-14)21-9-8-15-6-7-17-18(11-15)26-13-25-17/h1-7,11,16H,8-10,12-13H2,(H,21,22)(H,23,24)/t16-/m0/s1. The van der Waals surface area contributed by atoms with Crippen molar-refractivity contribution in [3.05, 3.63) is 59.7 Å². The summed E-state index contributed by atoms with van der Waals surface area (Å²) in [5.74, 6) is -0.512. The van der Waals surface area contributed by atoms with Gasteiger partial charge in [-0.3, -0.25) is 9.59 Å². The SMILES string of the molecule is O=C(C[C@H](Cc1ccccc1)C(=O)O)NCCc1ccc2c(c1)OCO2. The molecule has 1 heterocycles. The molecule has 2 aromatic rings. The Kier molecular flexibility index (Phi) is 5.73. The second kappa shape index (κ2) is 8.38. The normalized spacial score (nSPS) is 13.2. The zero-order valence-corrected chi connectivity index (χ0v) is 14.3. The molecule has 1 amide bonds. The summed E-state index contributed by atoms with van der Waals surface area (Å²) in [6.07, 6.45) is 0.940. The number of fused-ring (bicyclic) bond motifs is 1. The molecule has 2 N–H and O–H groups in total. The van der Waals surface area contributed by atoms with E-state index in [1.807, 2.05) is 48.5 Å². The molecule has 2 aromatic carbocycles. The molecular weight excluding hydrogens is 334 g/mol. The maximum Gasteiger partial charge on any atom is 0.307 e. The van der Waals surface area contributed by atoms with Crippen molar-refractivity contribution in [3.63, 3.8) is 0 Å². The van der Waals surface area contributed by atoms with Crippen LogP contribution in [0.15, 0.2) is 48.5 Å². The summed E-state index contributed by atoms with van der Waals surface area (Å²) in [6.45, 7) is 0.670. The minimum Gasteiger partial charge on any atom is -0.481 e. The van der Waals surface area contributed by atoms with Crippen molar-refractivity contribution in [2.24, 2.45) is 5.92 Å². The highest BCUT2D eigenvalue weighted by atomic mass is 16.7. The van der Waals surface area contributed by atoms with Crippen LogP contribution in [0.1, 0.15) is 17.5 Å². The van der Waals surface area contributed by atoms with Crippen molar-refractivity contribution < 1.29 is 24.2 Å². The van der Waals surface area contributed by atoms with Gasteiger partial charge in [-0.15, -0.1) is 0 Å². The van der Waals surface area contributed by atoms with Crippen LogP contribution in [-0.2, 0) is 22.4 Å². The molecule has 26 heavy (non-hydrogen) atoms. The smallest absolute Gasteiger partial charge is 0.307 e. The van der Waals surface area contributed by atoms with E-state index in [9.17, 15) is 14.7 Å². The van der Waals surface area contributed by atoms with E-state index in [2.05, 4.69) is 5.32 Å². The van der Waals surface area contributed by atoms with Crippen LogP contribution in [0.2, 0.25) is 0 Å². The Morgan fingerprint density at radius 3 is 2.58 bits per heavy atom. The predicted octanol–water partition coefficient (Wildman–Crippen LogP) is 2.41. The molecule has 136 valence electrons. The van der Waals surface area contributed by atoms with Crippen molar-refractivity contribution in [1.29, 1.82) is 0 Å². The molecule has 0 saturated carbocycles. The van der Waals surface area contributed by atoms with Gasteiger partial charge in [0.05, 0.1) is 5.92 Å². The third kappa shape index (κ3) is 4.75. The van der Waals surface area contributed by atoms with E-state index >= 15 is 0 Å². The van der Waals surface area contributed by atoms with Gasteiger partial charge in [0.2, 0.25) is 12.7 Å². The van der Waals surface area contributed by atoms with Crippen molar-refractivity contribution in [2.45, 2.75) is 19.3 Å². The first-order valence-electron chi connectivity index (χ1n) is 8.54. The highest BCUT2D eigenvalue weighted by molar-refractivity contribution is 5.82.